The number of rotatable bonds is 1. The first-order chi connectivity index (χ1) is 7.79. The van der Waals surface area contributed by atoms with Gasteiger partial charge in [0.25, 0.3) is 0 Å². The normalized spacial score (nSPS) is 12.0. The Balaban J connectivity index is 2.79. The zero-order valence-electron chi connectivity index (χ0n) is 8.45. The molecule has 0 aliphatic carbocycles. The van der Waals surface area contributed by atoms with Crippen molar-refractivity contribution in [2.24, 2.45) is 0 Å². The van der Waals surface area contributed by atoms with E-state index >= 15 is 0 Å². The van der Waals surface area contributed by atoms with Crippen molar-refractivity contribution in [1.82, 2.24) is 14.6 Å². The Kier molecular flexibility index (Phi) is 2.30. The van der Waals surface area contributed by atoms with Crippen LogP contribution in [0.4, 0.5) is 13.2 Å². The molecule has 0 amide bonds. The summed E-state index contributed by atoms with van der Waals surface area (Å²) in [7, 11) is 0. The summed E-state index contributed by atoms with van der Waals surface area (Å²) in [6.45, 7) is 1.38. The number of aromatic nitrogens is 3. The molecule has 0 bridgehead atoms. The van der Waals surface area contributed by atoms with Gasteiger partial charge in [0.1, 0.15) is 11.4 Å². The summed E-state index contributed by atoms with van der Waals surface area (Å²) in [6.07, 6.45) is -4.64. The fourth-order valence-corrected chi connectivity index (χ4v) is 1.40. The lowest BCUT2D eigenvalue weighted by Gasteiger charge is -2.09. The predicted octanol–water partition coefficient (Wildman–Crippen LogP) is 0.420. The molecule has 0 radical (unpaired) electrons. The number of carboxylic acid groups (broad SMARTS) is 1. The number of aromatic carboxylic acids is 1. The molecule has 2 rings (SSSR count). The highest BCUT2D eigenvalue weighted by Crippen LogP contribution is 2.29. The number of aryl methyl sites for hydroxylation is 1. The van der Waals surface area contributed by atoms with Crippen molar-refractivity contribution in [3.63, 3.8) is 0 Å². The van der Waals surface area contributed by atoms with Crippen LogP contribution in [-0.2, 0) is 6.18 Å². The van der Waals surface area contributed by atoms with Gasteiger partial charge in [-0.2, -0.15) is 18.3 Å². The van der Waals surface area contributed by atoms with Crippen LogP contribution >= 0.6 is 0 Å². The molecule has 0 spiro atoms. The van der Waals surface area contributed by atoms with Crippen LogP contribution < -0.4 is 5.11 Å². The average Bonchev–Trinajstić information content (AvgIpc) is 2.58. The van der Waals surface area contributed by atoms with Gasteiger partial charge in [0.2, 0.25) is 0 Å². The molecule has 0 N–H and O–H groups in total. The Morgan fingerprint density at radius 1 is 1.41 bits per heavy atom. The molecule has 17 heavy (non-hydrogen) atoms. The molecule has 90 valence electrons. The van der Waals surface area contributed by atoms with Gasteiger partial charge in [0.15, 0.2) is 5.65 Å². The quantitative estimate of drug-likeness (QED) is 0.728. The summed E-state index contributed by atoms with van der Waals surface area (Å²) < 4.78 is 38.4. The molecule has 0 atom stereocenters. The van der Waals surface area contributed by atoms with Gasteiger partial charge in [-0.25, -0.2) is 9.50 Å². The minimum atomic E-state index is -4.64. The van der Waals surface area contributed by atoms with E-state index in [0.29, 0.717) is 4.52 Å². The van der Waals surface area contributed by atoms with Crippen molar-refractivity contribution in [2.75, 3.05) is 0 Å². The highest BCUT2D eigenvalue weighted by molar-refractivity contribution is 5.84. The van der Waals surface area contributed by atoms with E-state index in [2.05, 4.69) is 10.1 Å². The van der Waals surface area contributed by atoms with E-state index in [4.69, 9.17) is 0 Å². The monoisotopic (exact) mass is 244 g/mol. The molecule has 0 unspecified atom stereocenters. The molecule has 0 saturated heterocycles. The maximum Gasteiger partial charge on any atom is 0.433 e. The molecule has 8 heteroatoms. The number of carbonyl (C=O) groups excluding carboxylic acids is 1. The van der Waals surface area contributed by atoms with Gasteiger partial charge >= 0.3 is 6.18 Å². The zero-order chi connectivity index (χ0) is 12.8. The number of nitrogens with zero attached hydrogens (tertiary/aromatic N) is 3. The molecule has 0 saturated carbocycles. The van der Waals surface area contributed by atoms with Crippen LogP contribution in [0.2, 0.25) is 0 Å². The number of halogens is 3. The Morgan fingerprint density at radius 3 is 2.59 bits per heavy atom. The summed E-state index contributed by atoms with van der Waals surface area (Å²) in [4.78, 5) is 14.3. The smallest absolute Gasteiger partial charge is 0.433 e. The lowest BCUT2D eigenvalue weighted by Crippen LogP contribution is -2.23. The molecular formula is C9H5F3N3O2-. The third-order valence-corrected chi connectivity index (χ3v) is 2.05. The first kappa shape index (κ1) is 11.4. The Labute approximate surface area is 92.5 Å². The zero-order valence-corrected chi connectivity index (χ0v) is 8.45. The lowest BCUT2D eigenvalue weighted by molar-refractivity contribution is -0.255. The van der Waals surface area contributed by atoms with Crippen LogP contribution in [0.25, 0.3) is 5.65 Å². The SMILES string of the molecule is Cc1cc(C(F)(F)F)n2nc(C(=O)[O-])cc2n1. The Morgan fingerprint density at radius 2 is 2.06 bits per heavy atom. The van der Waals surface area contributed by atoms with E-state index < -0.39 is 23.5 Å². The van der Waals surface area contributed by atoms with Crippen molar-refractivity contribution >= 4 is 11.6 Å². The maximum atomic E-state index is 12.7. The van der Waals surface area contributed by atoms with E-state index in [9.17, 15) is 23.1 Å². The van der Waals surface area contributed by atoms with E-state index in [0.717, 1.165) is 12.1 Å². The van der Waals surface area contributed by atoms with Crippen molar-refractivity contribution < 1.29 is 23.1 Å². The number of carboxylic acids is 1. The second-order valence-electron chi connectivity index (χ2n) is 3.37. The van der Waals surface area contributed by atoms with Crippen molar-refractivity contribution in [1.29, 1.82) is 0 Å². The minimum absolute atomic E-state index is 0.120. The Hall–Kier alpha value is -2.12. The van der Waals surface area contributed by atoms with Crippen LogP contribution in [0.5, 0.6) is 0 Å². The number of carbonyl (C=O) groups is 1. The third-order valence-electron chi connectivity index (χ3n) is 2.05. The largest absolute Gasteiger partial charge is 0.543 e. The van der Waals surface area contributed by atoms with Gasteiger partial charge in [-0.3, -0.25) is 0 Å². The first-order valence-corrected chi connectivity index (χ1v) is 4.45. The lowest BCUT2D eigenvalue weighted by atomic mass is 10.3. The van der Waals surface area contributed by atoms with E-state index in [-0.39, 0.29) is 11.3 Å². The van der Waals surface area contributed by atoms with E-state index in [1.54, 1.807) is 0 Å². The van der Waals surface area contributed by atoms with Crippen LogP contribution in [0.15, 0.2) is 12.1 Å². The van der Waals surface area contributed by atoms with Crippen LogP contribution in [0.3, 0.4) is 0 Å². The van der Waals surface area contributed by atoms with Crippen LogP contribution in [0, 0.1) is 6.92 Å². The standard InChI is InChI=1S/C9H6F3N3O2/c1-4-2-6(9(10,11)12)15-7(13-4)3-5(14-15)8(16)17/h2-3H,1H3,(H,16,17)/p-1. The van der Waals surface area contributed by atoms with Crippen LogP contribution in [-0.4, -0.2) is 20.6 Å². The molecule has 0 aliphatic heterocycles. The number of hydrogen-bond donors (Lipinski definition) is 0. The summed E-state index contributed by atoms with van der Waals surface area (Å²) >= 11 is 0. The highest BCUT2D eigenvalue weighted by atomic mass is 19.4. The van der Waals surface area contributed by atoms with Crippen molar-refractivity contribution in [3.05, 3.63) is 29.2 Å². The number of fused-ring (bicyclic) bond motifs is 1. The molecule has 0 fully saturated rings. The number of hydrogen-bond acceptors (Lipinski definition) is 4. The first-order valence-electron chi connectivity index (χ1n) is 4.45. The van der Waals surface area contributed by atoms with Gasteiger partial charge < -0.3 is 9.90 Å². The van der Waals surface area contributed by atoms with E-state index in [1.165, 1.54) is 6.92 Å². The minimum Gasteiger partial charge on any atom is -0.543 e. The van der Waals surface area contributed by atoms with Crippen LogP contribution in [0.1, 0.15) is 21.9 Å². The summed E-state index contributed by atoms with van der Waals surface area (Å²) in [6, 6.07) is 1.72. The topological polar surface area (TPSA) is 70.3 Å². The molecule has 2 heterocycles. The highest BCUT2D eigenvalue weighted by Gasteiger charge is 2.34. The predicted molar refractivity (Wildman–Crippen MR) is 47.1 cm³/mol. The average molecular weight is 244 g/mol. The molecule has 0 aliphatic rings. The molecule has 0 aromatic carbocycles. The maximum absolute atomic E-state index is 12.7. The summed E-state index contributed by atoms with van der Waals surface area (Å²) in [5.74, 6) is -1.65. The fourth-order valence-electron chi connectivity index (χ4n) is 1.40. The summed E-state index contributed by atoms with van der Waals surface area (Å²) in [5.41, 5.74) is -1.73. The second kappa shape index (κ2) is 3.44. The number of alkyl halides is 3. The van der Waals surface area contributed by atoms with Gasteiger partial charge in [0.05, 0.1) is 5.97 Å². The Bertz CT molecular complexity index is 603. The van der Waals surface area contributed by atoms with Gasteiger partial charge in [-0.15, -0.1) is 0 Å². The third kappa shape index (κ3) is 1.93. The van der Waals surface area contributed by atoms with Gasteiger partial charge in [-0.05, 0) is 13.0 Å². The second-order valence-corrected chi connectivity index (χ2v) is 3.37. The molecule has 5 nitrogen and oxygen atoms in total. The molecule has 2 aromatic rings. The van der Waals surface area contributed by atoms with Gasteiger partial charge in [0, 0.05) is 11.8 Å². The van der Waals surface area contributed by atoms with Gasteiger partial charge in [-0.1, -0.05) is 0 Å². The van der Waals surface area contributed by atoms with Crippen molar-refractivity contribution in [2.45, 2.75) is 13.1 Å². The van der Waals surface area contributed by atoms with Crippen molar-refractivity contribution in [3.8, 4) is 0 Å². The fraction of sp³-hybridized carbons (Fsp3) is 0.222. The van der Waals surface area contributed by atoms with E-state index in [1.807, 2.05) is 0 Å². The molecule has 2 aromatic heterocycles. The summed E-state index contributed by atoms with van der Waals surface area (Å²) in [5, 5.41) is 13.8. The molecular weight excluding hydrogens is 239 g/mol.